The molecule has 124 valence electrons. The molecule has 0 aromatic heterocycles. The van der Waals surface area contributed by atoms with Gasteiger partial charge in [-0.25, -0.2) is 13.1 Å². The fraction of sp³-hybridized carbons (Fsp3) is 0.933. The van der Waals surface area contributed by atoms with E-state index in [1.54, 1.807) is 0 Å². The third kappa shape index (κ3) is 5.58. The first-order valence-electron chi connectivity index (χ1n) is 7.86. The van der Waals surface area contributed by atoms with Crippen molar-refractivity contribution in [2.75, 3.05) is 5.75 Å². The average molecular weight is 317 g/mol. The Morgan fingerprint density at radius 3 is 2.24 bits per heavy atom. The summed E-state index contributed by atoms with van der Waals surface area (Å²) in [6.07, 6.45) is 4.82. The molecule has 1 rings (SSSR count). The van der Waals surface area contributed by atoms with E-state index in [4.69, 9.17) is 11.1 Å². The first kappa shape index (κ1) is 18.4. The van der Waals surface area contributed by atoms with Gasteiger partial charge in [-0.15, -0.1) is 0 Å². The maximum absolute atomic E-state index is 12.3. The molecule has 0 amide bonds. The van der Waals surface area contributed by atoms with Crippen molar-refractivity contribution in [1.82, 2.24) is 4.72 Å². The van der Waals surface area contributed by atoms with Crippen LogP contribution in [0, 0.1) is 16.7 Å². The molecule has 0 radical (unpaired) electrons. The van der Waals surface area contributed by atoms with Crippen molar-refractivity contribution >= 4 is 15.9 Å². The summed E-state index contributed by atoms with van der Waals surface area (Å²) in [7, 11) is -3.41. The van der Waals surface area contributed by atoms with Gasteiger partial charge in [-0.3, -0.25) is 5.41 Å². The van der Waals surface area contributed by atoms with Crippen LogP contribution in [0.4, 0.5) is 0 Å². The Morgan fingerprint density at radius 2 is 1.86 bits per heavy atom. The Labute approximate surface area is 129 Å². The molecule has 0 aliphatic heterocycles. The summed E-state index contributed by atoms with van der Waals surface area (Å²) in [4.78, 5) is 0. The highest BCUT2D eigenvalue weighted by atomic mass is 32.2. The van der Waals surface area contributed by atoms with E-state index in [0.717, 1.165) is 19.3 Å². The molecule has 0 unspecified atom stereocenters. The minimum atomic E-state index is -3.41. The topological polar surface area (TPSA) is 96.0 Å². The third-order valence-electron chi connectivity index (χ3n) is 4.52. The van der Waals surface area contributed by atoms with Crippen LogP contribution in [0.5, 0.6) is 0 Å². The van der Waals surface area contributed by atoms with E-state index in [9.17, 15) is 8.42 Å². The zero-order valence-electron chi connectivity index (χ0n) is 13.8. The van der Waals surface area contributed by atoms with Crippen LogP contribution in [-0.2, 0) is 10.0 Å². The molecule has 1 fully saturated rings. The SMILES string of the molecule is CCC1CCC(NS(=O)(=O)CCC(C)(C)C)(C(=N)N)CC1. The van der Waals surface area contributed by atoms with Crippen LogP contribution in [0.1, 0.15) is 66.2 Å². The zero-order valence-corrected chi connectivity index (χ0v) is 14.6. The molecular formula is C15H31N3O2S. The smallest absolute Gasteiger partial charge is 0.212 e. The summed E-state index contributed by atoms with van der Waals surface area (Å²) in [5.74, 6) is 0.663. The Balaban J connectivity index is 2.77. The summed E-state index contributed by atoms with van der Waals surface area (Å²) in [5.41, 5.74) is 4.85. The number of hydrogen-bond donors (Lipinski definition) is 3. The molecular weight excluding hydrogens is 286 g/mol. The third-order valence-corrected chi connectivity index (χ3v) is 5.97. The van der Waals surface area contributed by atoms with Crippen molar-refractivity contribution in [3.63, 3.8) is 0 Å². The Hall–Kier alpha value is -0.620. The van der Waals surface area contributed by atoms with Crippen molar-refractivity contribution in [3.8, 4) is 0 Å². The molecule has 0 bridgehead atoms. The van der Waals surface area contributed by atoms with Crippen molar-refractivity contribution in [2.45, 2.75) is 71.8 Å². The molecule has 0 heterocycles. The maximum Gasteiger partial charge on any atom is 0.212 e. The zero-order chi connectivity index (χ0) is 16.3. The second-order valence-electron chi connectivity index (χ2n) is 7.58. The highest BCUT2D eigenvalue weighted by molar-refractivity contribution is 7.89. The number of sulfonamides is 1. The predicted octanol–water partition coefficient (Wildman–Crippen LogP) is 2.62. The summed E-state index contributed by atoms with van der Waals surface area (Å²) < 4.78 is 27.4. The van der Waals surface area contributed by atoms with Crippen LogP contribution >= 0.6 is 0 Å². The van der Waals surface area contributed by atoms with E-state index >= 15 is 0 Å². The van der Waals surface area contributed by atoms with Crippen LogP contribution < -0.4 is 10.5 Å². The van der Waals surface area contributed by atoms with Crippen molar-refractivity contribution in [2.24, 2.45) is 17.1 Å². The lowest BCUT2D eigenvalue weighted by molar-refractivity contribution is 0.265. The molecule has 1 aliphatic carbocycles. The first-order valence-corrected chi connectivity index (χ1v) is 9.51. The van der Waals surface area contributed by atoms with E-state index in [1.807, 2.05) is 20.8 Å². The lowest BCUT2D eigenvalue weighted by Crippen LogP contribution is -2.59. The molecule has 5 nitrogen and oxygen atoms in total. The largest absolute Gasteiger partial charge is 0.386 e. The van der Waals surface area contributed by atoms with E-state index in [2.05, 4.69) is 11.6 Å². The van der Waals surface area contributed by atoms with Gasteiger partial charge in [-0.1, -0.05) is 34.1 Å². The lowest BCUT2D eigenvalue weighted by Gasteiger charge is -2.39. The van der Waals surface area contributed by atoms with Crippen molar-refractivity contribution in [3.05, 3.63) is 0 Å². The molecule has 0 saturated heterocycles. The van der Waals surface area contributed by atoms with Gasteiger partial charge in [0.15, 0.2) is 0 Å². The molecule has 0 atom stereocenters. The standard InChI is InChI=1S/C15H31N3O2S/c1-5-12-6-8-15(9-7-12,13(16)17)18-21(19,20)11-10-14(2,3)4/h12,18H,5-11H2,1-4H3,(H3,16,17). The average Bonchev–Trinajstić information content (AvgIpc) is 2.36. The maximum atomic E-state index is 12.3. The van der Waals surface area contributed by atoms with Crippen LogP contribution in [0.15, 0.2) is 0 Å². The number of nitrogens with two attached hydrogens (primary N) is 1. The van der Waals surface area contributed by atoms with Gasteiger partial charge in [0.05, 0.1) is 11.3 Å². The van der Waals surface area contributed by atoms with E-state index in [0.29, 0.717) is 25.2 Å². The van der Waals surface area contributed by atoms with Gasteiger partial charge in [0.1, 0.15) is 5.84 Å². The fourth-order valence-electron chi connectivity index (χ4n) is 2.79. The van der Waals surface area contributed by atoms with Crippen molar-refractivity contribution in [1.29, 1.82) is 5.41 Å². The molecule has 0 aromatic rings. The van der Waals surface area contributed by atoms with Crippen molar-refractivity contribution < 1.29 is 8.42 Å². The Bertz CT molecular complexity index is 458. The van der Waals surface area contributed by atoms with Gasteiger partial charge < -0.3 is 5.73 Å². The molecule has 6 heteroatoms. The molecule has 0 aromatic carbocycles. The summed E-state index contributed by atoms with van der Waals surface area (Å²) >= 11 is 0. The van der Waals surface area contributed by atoms with Crippen LogP contribution in [-0.4, -0.2) is 25.5 Å². The fourth-order valence-corrected chi connectivity index (χ4v) is 4.69. The normalized spacial score (nSPS) is 27.5. The highest BCUT2D eigenvalue weighted by Gasteiger charge is 2.41. The number of nitrogens with one attached hydrogen (secondary N) is 2. The van der Waals surface area contributed by atoms with Crippen LogP contribution in [0.2, 0.25) is 0 Å². The van der Waals surface area contributed by atoms with Gasteiger partial charge in [-0.2, -0.15) is 0 Å². The molecule has 1 aliphatic rings. The Morgan fingerprint density at radius 1 is 1.33 bits per heavy atom. The molecule has 0 spiro atoms. The van der Waals surface area contributed by atoms with Gasteiger partial charge >= 0.3 is 0 Å². The minimum Gasteiger partial charge on any atom is -0.386 e. The summed E-state index contributed by atoms with van der Waals surface area (Å²) in [5, 5.41) is 7.85. The van der Waals surface area contributed by atoms with Crippen LogP contribution in [0.3, 0.4) is 0 Å². The van der Waals surface area contributed by atoms with Gasteiger partial charge in [0.2, 0.25) is 10.0 Å². The van der Waals surface area contributed by atoms with E-state index in [1.165, 1.54) is 0 Å². The van der Waals surface area contributed by atoms with E-state index < -0.39 is 15.6 Å². The van der Waals surface area contributed by atoms with Gasteiger partial charge in [0.25, 0.3) is 0 Å². The monoisotopic (exact) mass is 317 g/mol. The second kappa shape index (κ2) is 6.65. The number of rotatable bonds is 6. The predicted molar refractivity (Wildman–Crippen MR) is 87.9 cm³/mol. The van der Waals surface area contributed by atoms with Crippen LogP contribution in [0.25, 0.3) is 0 Å². The number of amidine groups is 1. The quantitative estimate of drug-likeness (QED) is 0.519. The molecule has 1 saturated carbocycles. The minimum absolute atomic E-state index is 0.0298. The van der Waals surface area contributed by atoms with E-state index in [-0.39, 0.29) is 17.0 Å². The molecule has 4 N–H and O–H groups in total. The highest BCUT2D eigenvalue weighted by Crippen LogP contribution is 2.34. The molecule has 21 heavy (non-hydrogen) atoms. The summed E-state index contributed by atoms with van der Waals surface area (Å²) in [6.45, 7) is 8.22. The number of hydrogen-bond acceptors (Lipinski definition) is 3. The summed E-state index contributed by atoms with van der Waals surface area (Å²) in [6, 6.07) is 0. The lowest BCUT2D eigenvalue weighted by atomic mass is 9.75. The van der Waals surface area contributed by atoms with Gasteiger partial charge in [-0.05, 0) is 43.4 Å². The van der Waals surface area contributed by atoms with Gasteiger partial charge in [0, 0.05) is 0 Å². The first-order chi connectivity index (χ1) is 9.50. The second-order valence-corrected chi connectivity index (χ2v) is 9.42. The Kier molecular flexibility index (Phi) is 5.83.